The third-order valence-electron chi connectivity index (χ3n) is 5.36. The Hall–Kier alpha value is -2.40. The number of halogens is 1. The molecule has 1 aliphatic rings. The highest BCUT2D eigenvalue weighted by molar-refractivity contribution is 5.96. The largest absolute Gasteiger partial charge is 0.367 e. The Kier molecular flexibility index (Phi) is 5.80. The molecule has 0 spiro atoms. The monoisotopic (exact) mass is 369 g/mol. The van der Waals surface area contributed by atoms with Crippen LogP contribution in [0.15, 0.2) is 36.4 Å². The Balaban J connectivity index is 1.61. The summed E-state index contributed by atoms with van der Waals surface area (Å²) in [7, 11) is 0. The molecule has 0 unspecified atom stereocenters. The zero-order valence-corrected chi connectivity index (χ0v) is 16.6. The average molecular weight is 369 g/mol. The second-order valence-corrected chi connectivity index (χ2v) is 7.41. The summed E-state index contributed by atoms with van der Waals surface area (Å²) in [5.41, 5.74) is 4.90. The predicted molar refractivity (Wildman–Crippen MR) is 109 cm³/mol. The van der Waals surface area contributed by atoms with Crippen molar-refractivity contribution in [3.63, 3.8) is 0 Å². The minimum absolute atomic E-state index is 0.00407. The van der Waals surface area contributed by atoms with Gasteiger partial charge in [-0.1, -0.05) is 29.8 Å². The van der Waals surface area contributed by atoms with E-state index in [9.17, 15) is 9.18 Å². The van der Waals surface area contributed by atoms with Gasteiger partial charge in [-0.05, 0) is 51.0 Å². The van der Waals surface area contributed by atoms with Gasteiger partial charge in [-0.2, -0.15) is 0 Å². The zero-order valence-electron chi connectivity index (χ0n) is 16.6. The van der Waals surface area contributed by atoms with Crippen LogP contribution in [0.4, 0.5) is 15.8 Å². The second kappa shape index (κ2) is 8.09. The first kappa shape index (κ1) is 19.4. The number of hydrogen-bond donors (Lipinski definition) is 1. The lowest BCUT2D eigenvalue weighted by atomic mass is 10.0. The fourth-order valence-electron chi connectivity index (χ4n) is 3.83. The number of aryl methyl sites for hydroxylation is 3. The molecule has 2 aromatic rings. The molecule has 1 aliphatic heterocycles. The van der Waals surface area contributed by atoms with Gasteiger partial charge in [-0.3, -0.25) is 9.69 Å². The van der Waals surface area contributed by atoms with Crippen molar-refractivity contribution >= 4 is 17.3 Å². The van der Waals surface area contributed by atoms with Gasteiger partial charge in [0.05, 0.1) is 11.7 Å². The van der Waals surface area contributed by atoms with Crippen LogP contribution in [0.2, 0.25) is 0 Å². The average Bonchev–Trinajstić information content (AvgIpc) is 2.64. The van der Waals surface area contributed by atoms with Crippen molar-refractivity contribution in [1.29, 1.82) is 0 Å². The highest BCUT2D eigenvalue weighted by Crippen LogP contribution is 2.23. The van der Waals surface area contributed by atoms with Gasteiger partial charge in [0, 0.05) is 31.9 Å². The number of amides is 1. The van der Waals surface area contributed by atoms with Gasteiger partial charge in [0.25, 0.3) is 0 Å². The van der Waals surface area contributed by atoms with Crippen LogP contribution in [0.1, 0.15) is 23.6 Å². The van der Waals surface area contributed by atoms with Gasteiger partial charge >= 0.3 is 0 Å². The van der Waals surface area contributed by atoms with Crippen molar-refractivity contribution in [2.75, 3.05) is 36.4 Å². The van der Waals surface area contributed by atoms with E-state index in [4.69, 9.17) is 0 Å². The van der Waals surface area contributed by atoms with Gasteiger partial charge in [0.1, 0.15) is 5.82 Å². The Bertz CT molecular complexity index is 805. The summed E-state index contributed by atoms with van der Waals surface area (Å²) >= 11 is 0. The van der Waals surface area contributed by atoms with Gasteiger partial charge in [-0.25, -0.2) is 4.39 Å². The van der Waals surface area contributed by atoms with Gasteiger partial charge in [0.2, 0.25) is 5.91 Å². The molecule has 4 nitrogen and oxygen atoms in total. The lowest BCUT2D eigenvalue weighted by Gasteiger charge is -2.38. The lowest BCUT2D eigenvalue weighted by molar-refractivity contribution is -0.120. The third-order valence-corrected chi connectivity index (χ3v) is 5.36. The summed E-state index contributed by atoms with van der Waals surface area (Å²) in [5.74, 6) is -0.188. The third kappa shape index (κ3) is 4.30. The molecule has 0 saturated carbocycles. The standard InChI is InChI=1S/C22H28FN3O/c1-15-13-16(2)21(17(3)14-15)24-22(27)18(4)25-9-11-26(12-10-25)20-8-6-5-7-19(20)23/h5-8,13-14,18H,9-12H2,1-4H3,(H,24,27)/t18-/m0/s1. The minimum atomic E-state index is -0.229. The van der Waals surface area contributed by atoms with E-state index in [2.05, 4.69) is 29.3 Å². The molecule has 1 N–H and O–H groups in total. The number of nitrogens with one attached hydrogen (secondary N) is 1. The first-order valence-corrected chi connectivity index (χ1v) is 9.49. The van der Waals surface area contributed by atoms with Crippen molar-refractivity contribution < 1.29 is 9.18 Å². The van der Waals surface area contributed by atoms with E-state index in [1.165, 1.54) is 11.6 Å². The van der Waals surface area contributed by atoms with E-state index in [0.717, 1.165) is 29.9 Å². The normalized spacial score (nSPS) is 16.3. The maximum Gasteiger partial charge on any atom is 0.241 e. The quantitative estimate of drug-likeness (QED) is 0.888. The van der Waals surface area contributed by atoms with E-state index in [1.54, 1.807) is 6.07 Å². The van der Waals surface area contributed by atoms with Crippen LogP contribution in [0.5, 0.6) is 0 Å². The Morgan fingerprint density at radius 1 is 1.04 bits per heavy atom. The molecule has 144 valence electrons. The summed E-state index contributed by atoms with van der Waals surface area (Å²) in [6, 6.07) is 10.8. The van der Waals surface area contributed by atoms with Crippen molar-refractivity contribution in [3.05, 3.63) is 58.9 Å². The van der Waals surface area contributed by atoms with Crippen LogP contribution < -0.4 is 10.2 Å². The molecule has 0 bridgehead atoms. The van der Waals surface area contributed by atoms with Crippen LogP contribution in [-0.4, -0.2) is 43.0 Å². The molecule has 0 aliphatic carbocycles. The van der Waals surface area contributed by atoms with Crippen molar-refractivity contribution in [2.24, 2.45) is 0 Å². The molecule has 1 saturated heterocycles. The number of carbonyl (C=O) groups excluding carboxylic acids is 1. The first-order valence-electron chi connectivity index (χ1n) is 9.49. The van der Waals surface area contributed by atoms with Crippen LogP contribution in [0, 0.1) is 26.6 Å². The Morgan fingerprint density at radius 2 is 1.63 bits per heavy atom. The molecule has 5 heteroatoms. The fraction of sp³-hybridized carbons (Fsp3) is 0.409. The number of benzene rings is 2. The SMILES string of the molecule is Cc1cc(C)c(NC(=O)[C@H](C)N2CCN(c3ccccc3F)CC2)c(C)c1. The van der Waals surface area contributed by atoms with Crippen LogP contribution in [0.25, 0.3) is 0 Å². The van der Waals surface area contributed by atoms with E-state index >= 15 is 0 Å². The summed E-state index contributed by atoms with van der Waals surface area (Å²) in [5, 5.41) is 3.10. The molecule has 1 atom stereocenters. The zero-order chi connectivity index (χ0) is 19.6. The Morgan fingerprint density at radius 3 is 2.22 bits per heavy atom. The topological polar surface area (TPSA) is 35.6 Å². The highest BCUT2D eigenvalue weighted by atomic mass is 19.1. The number of piperazine rings is 1. The summed E-state index contributed by atoms with van der Waals surface area (Å²) in [6.07, 6.45) is 0. The van der Waals surface area contributed by atoms with Crippen LogP contribution in [-0.2, 0) is 4.79 Å². The van der Waals surface area contributed by atoms with Crippen molar-refractivity contribution in [3.8, 4) is 0 Å². The molecule has 1 heterocycles. The number of nitrogens with zero attached hydrogens (tertiary/aromatic N) is 2. The van der Waals surface area contributed by atoms with E-state index in [1.807, 2.05) is 37.8 Å². The van der Waals surface area contributed by atoms with Crippen LogP contribution in [0.3, 0.4) is 0 Å². The summed E-state index contributed by atoms with van der Waals surface area (Å²) < 4.78 is 14.0. The molecular weight excluding hydrogens is 341 g/mol. The molecule has 1 amide bonds. The number of carbonyl (C=O) groups is 1. The van der Waals surface area contributed by atoms with E-state index in [-0.39, 0.29) is 17.8 Å². The molecular formula is C22H28FN3O. The van der Waals surface area contributed by atoms with E-state index in [0.29, 0.717) is 18.8 Å². The minimum Gasteiger partial charge on any atom is -0.367 e. The molecule has 3 rings (SSSR count). The maximum absolute atomic E-state index is 14.0. The van der Waals surface area contributed by atoms with E-state index < -0.39 is 0 Å². The van der Waals surface area contributed by atoms with Gasteiger partial charge in [0.15, 0.2) is 0 Å². The number of rotatable bonds is 4. The molecule has 1 fully saturated rings. The van der Waals surface area contributed by atoms with Crippen molar-refractivity contribution in [2.45, 2.75) is 33.7 Å². The van der Waals surface area contributed by atoms with Crippen molar-refractivity contribution in [1.82, 2.24) is 4.90 Å². The molecule has 2 aromatic carbocycles. The fourth-order valence-corrected chi connectivity index (χ4v) is 3.83. The maximum atomic E-state index is 14.0. The highest BCUT2D eigenvalue weighted by Gasteiger charge is 2.27. The lowest BCUT2D eigenvalue weighted by Crippen LogP contribution is -2.53. The molecule has 27 heavy (non-hydrogen) atoms. The van der Waals surface area contributed by atoms with Crippen LogP contribution >= 0.6 is 0 Å². The first-order chi connectivity index (χ1) is 12.9. The van der Waals surface area contributed by atoms with Gasteiger partial charge < -0.3 is 10.2 Å². The summed E-state index contributed by atoms with van der Waals surface area (Å²) in [6.45, 7) is 10.9. The smallest absolute Gasteiger partial charge is 0.241 e. The number of para-hydroxylation sites is 1. The predicted octanol–water partition coefficient (Wildman–Crippen LogP) is 3.90. The Labute approximate surface area is 161 Å². The molecule has 0 radical (unpaired) electrons. The number of hydrogen-bond acceptors (Lipinski definition) is 3. The number of anilines is 2. The second-order valence-electron chi connectivity index (χ2n) is 7.41. The van der Waals surface area contributed by atoms with Gasteiger partial charge in [-0.15, -0.1) is 0 Å². The summed E-state index contributed by atoms with van der Waals surface area (Å²) in [4.78, 5) is 17.0. The molecule has 0 aromatic heterocycles.